The number of aromatic nitrogens is 2. The Labute approximate surface area is 155 Å². The van der Waals surface area contributed by atoms with Crippen molar-refractivity contribution in [1.29, 1.82) is 5.26 Å². The van der Waals surface area contributed by atoms with Crippen LogP contribution < -0.4 is 25.7 Å². The summed E-state index contributed by atoms with van der Waals surface area (Å²) in [5.41, 5.74) is 12.0. The van der Waals surface area contributed by atoms with Gasteiger partial charge in [0.05, 0.1) is 26.4 Å². The van der Waals surface area contributed by atoms with Gasteiger partial charge in [-0.2, -0.15) is 10.2 Å². The number of methoxy groups -OCH3 is 2. The Morgan fingerprint density at radius 2 is 1.85 bits per heavy atom. The monoisotopic (exact) mass is 373 g/mol. The molecule has 5 N–H and O–H groups in total. The van der Waals surface area contributed by atoms with E-state index in [2.05, 4.69) is 9.97 Å². The lowest BCUT2D eigenvalue weighted by Crippen LogP contribution is -2.07. The van der Waals surface area contributed by atoms with Crippen molar-refractivity contribution in [2.45, 2.75) is 12.8 Å². The maximum Gasteiger partial charge on any atom is 0.303 e. The second kappa shape index (κ2) is 8.57. The Balaban J connectivity index is 2.49. The van der Waals surface area contributed by atoms with E-state index in [1.807, 2.05) is 6.07 Å². The van der Waals surface area contributed by atoms with Crippen LogP contribution in [0.3, 0.4) is 0 Å². The van der Waals surface area contributed by atoms with E-state index >= 15 is 0 Å². The lowest BCUT2D eigenvalue weighted by molar-refractivity contribution is -0.137. The molecule has 1 aromatic carbocycles. The summed E-state index contributed by atoms with van der Waals surface area (Å²) in [5, 5.41) is 18.1. The van der Waals surface area contributed by atoms with Crippen molar-refractivity contribution in [3.05, 3.63) is 17.7 Å². The van der Waals surface area contributed by atoms with Crippen LogP contribution in [0.15, 0.2) is 12.1 Å². The molecule has 0 aliphatic carbocycles. The van der Waals surface area contributed by atoms with E-state index in [9.17, 15) is 10.1 Å². The molecule has 0 saturated carbocycles. The number of nitriles is 1. The molecular weight excluding hydrogens is 354 g/mol. The predicted octanol–water partition coefficient (Wildman–Crippen LogP) is 1.44. The zero-order chi connectivity index (χ0) is 20.0. The maximum absolute atomic E-state index is 10.6. The van der Waals surface area contributed by atoms with Gasteiger partial charge in [-0.1, -0.05) is 0 Å². The third-order valence-electron chi connectivity index (χ3n) is 3.59. The number of aliphatic carboxylic acids is 1. The summed E-state index contributed by atoms with van der Waals surface area (Å²) < 4.78 is 16.4. The Kier molecular flexibility index (Phi) is 6.22. The Morgan fingerprint density at radius 3 is 2.37 bits per heavy atom. The fourth-order valence-corrected chi connectivity index (χ4v) is 2.41. The highest BCUT2D eigenvalue weighted by atomic mass is 16.5. The van der Waals surface area contributed by atoms with Gasteiger partial charge in [0.2, 0.25) is 5.95 Å². The molecule has 0 saturated heterocycles. The molecule has 1 heterocycles. The molecule has 0 radical (unpaired) electrons. The number of carbonyl (C=O) groups is 1. The van der Waals surface area contributed by atoms with Crippen molar-refractivity contribution in [3.8, 4) is 34.6 Å². The Bertz CT molecular complexity index is 869. The molecular formula is C17H19N5O5. The highest BCUT2D eigenvalue weighted by Crippen LogP contribution is 2.43. The number of anilines is 2. The highest BCUT2D eigenvalue weighted by molar-refractivity contribution is 5.82. The molecule has 0 fully saturated rings. The molecule has 2 rings (SSSR count). The van der Waals surface area contributed by atoms with Crippen LogP contribution >= 0.6 is 0 Å². The molecule has 2 aromatic rings. The normalized spacial score (nSPS) is 10.1. The van der Waals surface area contributed by atoms with Gasteiger partial charge in [-0.05, 0) is 6.42 Å². The minimum absolute atomic E-state index is 0.00261. The summed E-state index contributed by atoms with van der Waals surface area (Å²) in [6.07, 6.45) is 0.344. The molecule has 27 heavy (non-hydrogen) atoms. The van der Waals surface area contributed by atoms with Gasteiger partial charge in [0.25, 0.3) is 0 Å². The first kappa shape index (κ1) is 19.6. The van der Waals surface area contributed by atoms with Gasteiger partial charge in [-0.15, -0.1) is 0 Å². The van der Waals surface area contributed by atoms with Crippen molar-refractivity contribution in [2.75, 3.05) is 32.3 Å². The van der Waals surface area contributed by atoms with Gasteiger partial charge in [-0.25, -0.2) is 4.98 Å². The zero-order valence-corrected chi connectivity index (χ0v) is 14.9. The van der Waals surface area contributed by atoms with Crippen molar-refractivity contribution in [1.82, 2.24) is 9.97 Å². The van der Waals surface area contributed by atoms with E-state index in [0.717, 1.165) is 0 Å². The van der Waals surface area contributed by atoms with Gasteiger partial charge in [0.1, 0.15) is 40.4 Å². The fourth-order valence-electron chi connectivity index (χ4n) is 2.41. The number of rotatable bonds is 8. The second-order valence-electron chi connectivity index (χ2n) is 5.35. The largest absolute Gasteiger partial charge is 0.496 e. The SMILES string of the molecule is COc1cc(OCCCC(=O)O)cc(OC)c1-c1nc(N)nc(N)c1C#N. The van der Waals surface area contributed by atoms with Gasteiger partial charge in [0, 0.05) is 18.6 Å². The van der Waals surface area contributed by atoms with Crippen molar-refractivity contribution >= 4 is 17.7 Å². The molecule has 10 nitrogen and oxygen atoms in total. The number of nitrogens with zero attached hydrogens (tertiary/aromatic N) is 3. The second-order valence-corrected chi connectivity index (χ2v) is 5.35. The number of ether oxygens (including phenoxy) is 3. The number of carboxylic acid groups (broad SMARTS) is 1. The van der Waals surface area contributed by atoms with Crippen LogP contribution in [-0.4, -0.2) is 41.9 Å². The lowest BCUT2D eigenvalue weighted by Gasteiger charge is -2.16. The molecule has 142 valence electrons. The molecule has 0 spiro atoms. The summed E-state index contributed by atoms with van der Waals surface area (Å²) in [5.74, 6) is -0.00990. The zero-order valence-electron chi connectivity index (χ0n) is 14.9. The smallest absolute Gasteiger partial charge is 0.303 e. The van der Waals surface area contributed by atoms with E-state index in [4.69, 9.17) is 30.8 Å². The first-order valence-corrected chi connectivity index (χ1v) is 7.85. The predicted molar refractivity (Wildman–Crippen MR) is 96.5 cm³/mol. The van der Waals surface area contributed by atoms with Gasteiger partial charge in [0.15, 0.2) is 0 Å². The Hall–Kier alpha value is -3.74. The van der Waals surface area contributed by atoms with E-state index in [-0.39, 0.29) is 36.1 Å². The van der Waals surface area contributed by atoms with Crippen LogP contribution in [0.4, 0.5) is 11.8 Å². The highest BCUT2D eigenvalue weighted by Gasteiger charge is 2.22. The summed E-state index contributed by atoms with van der Waals surface area (Å²) in [7, 11) is 2.87. The average molecular weight is 373 g/mol. The third kappa shape index (κ3) is 4.46. The minimum atomic E-state index is -0.896. The van der Waals surface area contributed by atoms with Crippen LogP contribution in [0.25, 0.3) is 11.3 Å². The summed E-state index contributed by atoms with van der Waals surface area (Å²) in [6, 6.07) is 5.11. The number of nitrogens with two attached hydrogens (primary N) is 2. The minimum Gasteiger partial charge on any atom is -0.496 e. The number of benzene rings is 1. The standard InChI is InChI=1S/C17H19N5O5/c1-25-11-6-9(27-5-3-4-13(23)24)7-12(26-2)14(11)15-10(8-18)16(19)22-17(20)21-15/h6-7H,3-5H2,1-2H3,(H,23,24)(H4,19,20,21,22). The number of hydrogen-bond donors (Lipinski definition) is 3. The molecule has 10 heteroatoms. The Morgan fingerprint density at radius 1 is 1.22 bits per heavy atom. The molecule has 0 unspecified atom stereocenters. The van der Waals surface area contributed by atoms with Crippen molar-refractivity contribution in [3.63, 3.8) is 0 Å². The van der Waals surface area contributed by atoms with E-state index < -0.39 is 5.97 Å². The van der Waals surface area contributed by atoms with E-state index in [1.165, 1.54) is 14.2 Å². The van der Waals surface area contributed by atoms with E-state index in [0.29, 0.717) is 29.2 Å². The van der Waals surface area contributed by atoms with Crippen LogP contribution in [0.2, 0.25) is 0 Å². The molecule has 0 bridgehead atoms. The van der Waals surface area contributed by atoms with Gasteiger partial charge >= 0.3 is 5.97 Å². The average Bonchev–Trinajstić information content (AvgIpc) is 2.63. The molecule has 1 aromatic heterocycles. The number of nitrogen functional groups attached to an aromatic ring is 2. The van der Waals surface area contributed by atoms with Crippen LogP contribution in [-0.2, 0) is 4.79 Å². The lowest BCUT2D eigenvalue weighted by atomic mass is 10.0. The van der Waals surface area contributed by atoms with Crippen molar-refractivity contribution in [2.24, 2.45) is 0 Å². The molecule has 0 atom stereocenters. The van der Waals surface area contributed by atoms with Gasteiger partial charge in [-0.3, -0.25) is 4.79 Å². The van der Waals surface area contributed by atoms with Crippen LogP contribution in [0, 0.1) is 11.3 Å². The molecule has 0 aliphatic rings. The first-order chi connectivity index (χ1) is 12.9. The summed E-state index contributed by atoms with van der Waals surface area (Å²) >= 11 is 0. The number of hydrogen-bond acceptors (Lipinski definition) is 9. The topological polar surface area (TPSA) is 167 Å². The number of carboxylic acids is 1. The molecule has 0 aliphatic heterocycles. The van der Waals surface area contributed by atoms with Gasteiger partial charge < -0.3 is 30.8 Å². The van der Waals surface area contributed by atoms with E-state index in [1.54, 1.807) is 12.1 Å². The quantitative estimate of drug-likeness (QED) is 0.576. The first-order valence-electron chi connectivity index (χ1n) is 7.85. The summed E-state index contributed by atoms with van der Waals surface area (Å²) in [4.78, 5) is 18.5. The van der Waals surface area contributed by atoms with Crippen LogP contribution in [0.1, 0.15) is 18.4 Å². The third-order valence-corrected chi connectivity index (χ3v) is 3.59. The maximum atomic E-state index is 10.6. The molecule has 0 amide bonds. The fraction of sp³-hybridized carbons (Fsp3) is 0.294. The summed E-state index contributed by atoms with van der Waals surface area (Å²) in [6.45, 7) is 0.203. The van der Waals surface area contributed by atoms with Crippen molar-refractivity contribution < 1.29 is 24.1 Å². The van der Waals surface area contributed by atoms with Crippen LogP contribution in [0.5, 0.6) is 17.2 Å².